The van der Waals surface area contributed by atoms with Crippen LogP contribution in [0.1, 0.15) is 24.1 Å². The summed E-state index contributed by atoms with van der Waals surface area (Å²) in [5, 5.41) is 14.1. The van der Waals surface area contributed by atoms with Crippen LogP contribution in [0.2, 0.25) is 0 Å². The molecule has 4 nitrogen and oxygen atoms in total. The third kappa shape index (κ3) is 2.93. The minimum absolute atomic E-state index is 0.111. The summed E-state index contributed by atoms with van der Waals surface area (Å²) in [5.41, 5.74) is 1.45. The van der Waals surface area contributed by atoms with Crippen LogP contribution < -0.4 is 5.32 Å². The number of anilines is 1. The topological polar surface area (TPSA) is 55.2 Å². The molecular weight excluding hydrogens is 259 g/mol. The minimum Gasteiger partial charge on any atom is -0.373 e. The Morgan fingerprint density at radius 1 is 1.25 bits per heavy atom. The zero-order valence-electron chi connectivity index (χ0n) is 11.3. The summed E-state index contributed by atoms with van der Waals surface area (Å²) in [6, 6.07) is 11.9. The lowest BCUT2D eigenvalue weighted by Gasteiger charge is -2.16. The Labute approximate surface area is 116 Å². The summed E-state index contributed by atoms with van der Waals surface area (Å²) in [5.74, 6) is -0.574. The highest BCUT2D eigenvalue weighted by Gasteiger charge is 2.18. The standard InChI is InChI=1S/C15H15FN2O2/c1-10-8-14(15(18(19)20)9-13(10)16)17-11(2)12-6-4-3-5-7-12/h3-9,11,17H,1-2H3. The van der Waals surface area contributed by atoms with Gasteiger partial charge in [-0.3, -0.25) is 10.1 Å². The van der Waals surface area contributed by atoms with Crippen molar-refractivity contribution in [2.45, 2.75) is 19.9 Å². The number of nitro groups is 1. The maximum absolute atomic E-state index is 13.4. The fourth-order valence-electron chi connectivity index (χ4n) is 2.00. The van der Waals surface area contributed by atoms with Crippen molar-refractivity contribution in [1.82, 2.24) is 0 Å². The quantitative estimate of drug-likeness (QED) is 0.671. The van der Waals surface area contributed by atoms with Gasteiger partial charge in [0.15, 0.2) is 0 Å². The molecule has 0 saturated heterocycles. The van der Waals surface area contributed by atoms with E-state index < -0.39 is 10.7 Å². The Kier molecular flexibility index (Phi) is 3.98. The monoisotopic (exact) mass is 274 g/mol. The second kappa shape index (κ2) is 5.69. The van der Waals surface area contributed by atoms with E-state index >= 15 is 0 Å². The Bertz CT molecular complexity index is 629. The zero-order valence-corrected chi connectivity index (χ0v) is 11.3. The van der Waals surface area contributed by atoms with Gasteiger partial charge in [0.2, 0.25) is 0 Å². The van der Waals surface area contributed by atoms with Crippen LogP contribution in [-0.2, 0) is 0 Å². The molecule has 20 heavy (non-hydrogen) atoms. The molecule has 0 aliphatic heterocycles. The SMILES string of the molecule is Cc1cc(NC(C)c2ccccc2)c([N+](=O)[O-])cc1F. The summed E-state index contributed by atoms with van der Waals surface area (Å²) in [4.78, 5) is 10.4. The highest BCUT2D eigenvalue weighted by atomic mass is 19.1. The fourth-order valence-corrected chi connectivity index (χ4v) is 2.00. The van der Waals surface area contributed by atoms with Gasteiger partial charge in [-0.15, -0.1) is 0 Å². The van der Waals surface area contributed by atoms with E-state index in [0.717, 1.165) is 11.6 Å². The summed E-state index contributed by atoms with van der Waals surface area (Å²) >= 11 is 0. The average molecular weight is 274 g/mol. The molecule has 0 amide bonds. The number of halogens is 1. The highest BCUT2D eigenvalue weighted by Crippen LogP contribution is 2.30. The Morgan fingerprint density at radius 3 is 2.50 bits per heavy atom. The van der Waals surface area contributed by atoms with E-state index in [-0.39, 0.29) is 11.7 Å². The number of benzene rings is 2. The molecule has 2 aromatic rings. The predicted octanol–water partition coefficient (Wildman–Crippen LogP) is 4.22. The van der Waals surface area contributed by atoms with Gasteiger partial charge in [-0.05, 0) is 31.0 Å². The second-order valence-electron chi connectivity index (χ2n) is 4.65. The van der Waals surface area contributed by atoms with E-state index in [4.69, 9.17) is 0 Å². The van der Waals surface area contributed by atoms with Crippen molar-refractivity contribution in [3.8, 4) is 0 Å². The van der Waals surface area contributed by atoms with Gasteiger partial charge in [0.25, 0.3) is 5.69 Å². The van der Waals surface area contributed by atoms with E-state index in [2.05, 4.69) is 5.32 Å². The van der Waals surface area contributed by atoms with Crippen molar-refractivity contribution in [2.24, 2.45) is 0 Å². The molecule has 0 aliphatic carbocycles. The van der Waals surface area contributed by atoms with Crippen LogP contribution in [0.25, 0.3) is 0 Å². The molecule has 1 unspecified atom stereocenters. The molecule has 2 rings (SSSR count). The van der Waals surface area contributed by atoms with Gasteiger partial charge in [0.1, 0.15) is 11.5 Å². The molecule has 0 bridgehead atoms. The molecule has 1 atom stereocenters. The molecule has 5 heteroatoms. The molecule has 0 fully saturated rings. The van der Waals surface area contributed by atoms with Gasteiger partial charge >= 0.3 is 0 Å². The van der Waals surface area contributed by atoms with Crippen LogP contribution in [-0.4, -0.2) is 4.92 Å². The normalized spacial score (nSPS) is 11.9. The molecule has 0 spiro atoms. The Balaban J connectivity index is 2.33. The summed E-state index contributed by atoms with van der Waals surface area (Å²) in [7, 11) is 0. The lowest BCUT2D eigenvalue weighted by atomic mass is 10.1. The number of nitrogens with zero attached hydrogens (tertiary/aromatic N) is 1. The van der Waals surface area contributed by atoms with Crippen LogP contribution in [0, 0.1) is 22.9 Å². The Morgan fingerprint density at radius 2 is 1.90 bits per heavy atom. The second-order valence-corrected chi connectivity index (χ2v) is 4.65. The number of hydrogen-bond acceptors (Lipinski definition) is 3. The number of aryl methyl sites for hydroxylation is 1. The van der Waals surface area contributed by atoms with Crippen molar-refractivity contribution in [3.05, 3.63) is 69.5 Å². The van der Waals surface area contributed by atoms with Gasteiger partial charge in [-0.25, -0.2) is 4.39 Å². The van der Waals surface area contributed by atoms with Crippen molar-refractivity contribution in [2.75, 3.05) is 5.32 Å². The van der Waals surface area contributed by atoms with Crippen molar-refractivity contribution < 1.29 is 9.31 Å². The van der Waals surface area contributed by atoms with E-state index in [9.17, 15) is 14.5 Å². The summed E-state index contributed by atoms with van der Waals surface area (Å²) in [6.45, 7) is 3.48. The lowest BCUT2D eigenvalue weighted by molar-refractivity contribution is -0.384. The van der Waals surface area contributed by atoms with Gasteiger partial charge in [0.05, 0.1) is 11.0 Å². The third-order valence-corrected chi connectivity index (χ3v) is 3.15. The molecule has 0 heterocycles. The maximum atomic E-state index is 13.4. The van der Waals surface area contributed by atoms with Crippen molar-refractivity contribution in [3.63, 3.8) is 0 Å². The van der Waals surface area contributed by atoms with Crippen LogP contribution in [0.15, 0.2) is 42.5 Å². The molecular formula is C15H15FN2O2. The van der Waals surface area contributed by atoms with Gasteiger partial charge in [0, 0.05) is 6.04 Å². The van der Waals surface area contributed by atoms with E-state index in [0.29, 0.717) is 11.3 Å². The average Bonchev–Trinajstić information content (AvgIpc) is 2.43. The van der Waals surface area contributed by atoms with Crippen LogP contribution in [0.4, 0.5) is 15.8 Å². The number of rotatable bonds is 4. The third-order valence-electron chi connectivity index (χ3n) is 3.15. The molecule has 1 N–H and O–H groups in total. The zero-order chi connectivity index (χ0) is 14.7. The first-order chi connectivity index (χ1) is 9.49. The van der Waals surface area contributed by atoms with E-state index in [1.54, 1.807) is 6.92 Å². The fraction of sp³-hybridized carbons (Fsp3) is 0.200. The molecule has 0 radical (unpaired) electrons. The van der Waals surface area contributed by atoms with Crippen molar-refractivity contribution in [1.29, 1.82) is 0 Å². The first-order valence-electron chi connectivity index (χ1n) is 6.25. The van der Waals surface area contributed by atoms with Crippen LogP contribution in [0.3, 0.4) is 0 Å². The smallest absolute Gasteiger partial charge is 0.295 e. The van der Waals surface area contributed by atoms with E-state index in [1.807, 2.05) is 37.3 Å². The predicted molar refractivity (Wildman–Crippen MR) is 76.3 cm³/mol. The van der Waals surface area contributed by atoms with Gasteiger partial charge < -0.3 is 5.32 Å². The molecule has 2 aromatic carbocycles. The highest BCUT2D eigenvalue weighted by molar-refractivity contribution is 5.63. The van der Waals surface area contributed by atoms with Crippen LogP contribution in [0.5, 0.6) is 0 Å². The maximum Gasteiger partial charge on any atom is 0.295 e. The van der Waals surface area contributed by atoms with Gasteiger partial charge in [-0.2, -0.15) is 0 Å². The summed E-state index contributed by atoms with van der Waals surface area (Å²) in [6.07, 6.45) is 0. The van der Waals surface area contributed by atoms with E-state index in [1.165, 1.54) is 6.07 Å². The van der Waals surface area contributed by atoms with Crippen molar-refractivity contribution >= 4 is 11.4 Å². The van der Waals surface area contributed by atoms with Gasteiger partial charge in [-0.1, -0.05) is 30.3 Å². The number of nitro benzene ring substituents is 1. The molecule has 0 saturated carbocycles. The number of hydrogen-bond donors (Lipinski definition) is 1. The minimum atomic E-state index is -0.581. The molecule has 0 aromatic heterocycles. The van der Waals surface area contributed by atoms with Crippen LogP contribution >= 0.6 is 0 Å². The first kappa shape index (κ1) is 14.0. The Hall–Kier alpha value is -2.43. The largest absolute Gasteiger partial charge is 0.373 e. The summed E-state index contributed by atoms with van der Waals surface area (Å²) < 4.78 is 13.4. The molecule has 0 aliphatic rings. The first-order valence-corrected chi connectivity index (χ1v) is 6.25. The molecule has 104 valence electrons. The lowest BCUT2D eigenvalue weighted by Crippen LogP contribution is -2.09. The number of nitrogens with one attached hydrogen (secondary N) is 1.